The lowest BCUT2D eigenvalue weighted by molar-refractivity contribution is -0.122. The minimum atomic E-state index is -0.579. The number of amides is 3. The van der Waals surface area contributed by atoms with Gasteiger partial charge in [0.25, 0.3) is 0 Å². The quantitative estimate of drug-likeness (QED) is 0.763. The van der Waals surface area contributed by atoms with Crippen LogP contribution in [0.1, 0.15) is 12.5 Å². The van der Waals surface area contributed by atoms with Crippen LogP contribution in [-0.4, -0.2) is 55.6 Å². The van der Waals surface area contributed by atoms with E-state index in [2.05, 4.69) is 15.5 Å². The van der Waals surface area contributed by atoms with Crippen molar-refractivity contribution < 1.29 is 9.59 Å². The number of anilines is 1. The molecule has 1 saturated heterocycles. The molecule has 0 bridgehead atoms. The summed E-state index contributed by atoms with van der Waals surface area (Å²) in [4.78, 5) is 28.7. The summed E-state index contributed by atoms with van der Waals surface area (Å²) in [6, 6.07) is 16.9. The van der Waals surface area contributed by atoms with Gasteiger partial charge in [-0.25, -0.2) is 4.79 Å². The zero-order valence-corrected chi connectivity index (χ0v) is 17.4. The van der Waals surface area contributed by atoms with E-state index in [1.54, 1.807) is 11.8 Å². The summed E-state index contributed by atoms with van der Waals surface area (Å²) in [5, 5.41) is 6.38. The Morgan fingerprint density at radius 2 is 1.76 bits per heavy atom. The lowest BCUT2D eigenvalue weighted by Crippen LogP contribution is -2.55. The number of benzene rings is 2. The van der Waals surface area contributed by atoms with E-state index in [1.807, 2.05) is 54.6 Å². The summed E-state index contributed by atoms with van der Waals surface area (Å²) in [5.74, 6) is -0.174. The second kappa shape index (κ2) is 10.2. The number of piperazine rings is 1. The SMILES string of the molecule is C[C@@H](NC(=O)N1CCN(c2cccc(Cl)c2)CC1)C(=O)NCCc1ccccc1. The fraction of sp³-hybridized carbons (Fsp3) is 0.364. The minimum Gasteiger partial charge on any atom is -0.368 e. The van der Waals surface area contributed by atoms with Crippen LogP contribution < -0.4 is 15.5 Å². The number of hydrogen-bond donors (Lipinski definition) is 2. The van der Waals surface area contributed by atoms with Crippen LogP contribution >= 0.6 is 11.6 Å². The molecule has 0 spiro atoms. The monoisotopic (exact) mass is 414 g/mol. The van der Waals surface area contributed by atoms with Crippen LogP contribution in [-0.2, 0) is 11.2 Å². The Morgan fingerprint density at radius 1 is 1.03 bits per heavy atom. The molecule has 0 saturated carbocycles. The smallest absolute Gasteiger partial charge is 0.318 e. The average molecular weight is 415 g/mol. The van der Waals surface area contributed by atoms with E-state index in [9.17, 15) is 9.59 Å². The van der Waals surface area contributed by atoms with Gasteiger partial charge >= 0.3 is 6.03 Å². The molecule has 2 aromatic carbocycles. The van der Waals surface area contributed by atoms with Gasteiger partial charge in [0.2, 0.25) is 5.91 Å². The first-order valence-electron chi connectivity index (χ1n) is 9.90. The molecule has 0 unspecified atom stereocenters. The van der Waals surface area contributed by atoms with E-state index >= 15 is 0 Å². The minimum absolute atomic E-state index is 0.174. The molecule has 0 radical (unpaired) electrons. The van der Waals surface area contributed by atoms with E-state index in [0.717, 1.165) is 25.2 Å². The number of urea groups is 1. The first kappa shape index (κ1) is 21.0. The van der Waals surface area contributed by atoms with E-state index in [0.29, 0.717) is 24.7 Å². The predicted octanol–water partition coefficient (Wildman–Crippen LogP) is 2.92. The van der Waals surface area contributed by atoms with Gasteiger partial charge in [0.1, 0.15) is 6.04 Å². The van der Waals surface area contributed by atoms with Crippen molar-refractivity contribution in [2.75, 3.05) is 37.6 Å². The number of nitrogens with zero attached hydrogens (tertiary/aromatic N) is 2. The maximum Gasteiger partial charge on any atom is 0.318 e. The molecule has 2 N–H and O–H groups in total. The predicted molar refractivity (Wildman–Crippen MR) is 116 cm³/mol. The molecule has 1 atom stereocenters. The molecule has 3 rings (SSSR count). The van der Waals surface area contributed by atoms with Crippen LogP contribution in [0.4, 0.5) is 10.5 Å². The van der Waals surface area contributed by atoms with Crippen LogP contribution in [0.5, 0.6) is 0 Å². The Hall–Kier alpha value is -2.73. The molecule has 1 heterocycles. The molecule has 0 aromatic heterocycles. The molecular weight excluding hydrogens is 388 g/mol. The van der Waals surface area contributed by atoms with Gasteiger partial charge in [-0.05, 0) is 37.1 Å². The van der Waals surface area contributed by atoms with Gasteiger partial charge in [-0.1, -0.05) is 48.0 Å². The van der Waals surface area contributed by atoms with E-state index in [-0.39, 0.29) is 11.9 Å². The topological polar surface area (TPSA) is 64.7 Å². The summed E-state index contributed by atoms with van der Waals surface area (Å²) >= 11 is 6.06. The van der Waals surface area contributed by atoms with Gasteiger partial charge in [-0.3, -0.25) is 4.79 Å². The van der Waals surface area contributed by atoms with Crippen molar-refractivity contribution in [1.29, 1.82) is 0 Å². The molecule has 0 aliphatic carbocycles. The Morgan fingerprint density at radius 3 is 2.45 bits per heavy atom. The van der Waals surface area contributed by atoms with Crippen molar-refractivity contribution in [1.82, 2.24) is 15.5 Å². The largest absolute Gasteiger partial charge is 0.368 e. The highest BCUT2D eigenvalue weighted by Crippen LogP contribution is 2.20. The Labute approximate surface area is 176 Å². The standard InChI is InChI=1S/C22H27ClN4O2/c1-17(21(28)24-11-10-18-6-3-2-4-7-18)25-22(29)27-14-12-26(13-15-27)20-9-5-8-19(23)16-20/h2-9,16-17H,10-15H2,1H3,(H,24,28)(H,25,29)/t17-/m1/s1. The van der Waals surface area contributed by atoms with Crippen molar-refractivity contribution in [2.24, 2.45) is 0 Å². The maximum atomic E-state index is 12.5. The van der Waals surface area contributed by atoms with Gasteiger partial charge in [-0.2, -0.15) is 0 Å². The molecule has 7 heteroatoms. The fourth-order valence-corrected chi connectivity index (χ4v) is 3.49. The zero-order chi connectivity index (χ0) is 20.6. The van der Waals surface area contributed by atoms with Gasteiger partial charge < -0.3 is 20.4 Å². The van der Waals surface area contributed by atoms with Crippen LogP contribution in [0.15, 0.2) is 54.6 Å². The summed E-state index contributed by atoms with van der Waals surface area (Å²) in [7, 11) is 0. The van der Waals surface area contributed by atoms with Crippen LogP contribution in [0, 0.1) is 0 Å². The molecule has 2 aromatic rings. The van der Waals surface area contributed by atoms with Gasteiger partial charge in [0.05, 0.1) is 0 Å². The van der Waals surface area contributed by atoms with Gasteiger partial charge in [0, 0.05) is 43.4 Å². The van der Waals surface area contributed by atoms with Crippen molar-refractivity contribution in [3.8, 4) is 0 Å². The molecule has 1 fully saturated rings. The van der Waals surface area contributed by atoms with Gasteiger partial charge in [-0.15, -0.1) is 0 Å². The van der Waals surface area contributed by atoms with Crippen molar-refractivity contribution in [3.05, 3.63) is 65.2 Å². The van der Waals surface area contributed by atoms with Crippen LogP contribution in [0.25, 0.3) is 0 Å². The first-order chi connectivity index (χ1) is 14.0. The van der Waals surface area contributed by atoms with Crippen LogP contribution in [0.3, 0.4) is 0 Å². The summed E-state index contributed by atoms with van der Waals surface area (Å²) in [6.07, 6.45) is 0.763. The van der Waals surface area contributed by atoms with E-state index in [1.165, 1.54) is 5.56 Å². The molecule has 29 heavy (non-hydrogen) atoms. The highest BCUT2D eigenvalue weighted by molar-refractivity contribution is 6.30. The first-order valence-corrected chi connectivity index (χ1v) is 10.3. The lowest BCUT2D eigenvalue weighted by atomic mass is 10.1. The molecule has 1 aliphatic rings. The molecule has 6 nitrogen and oxygen atoms in total. The van der Waals surface area contributed by atoms with Crippen molar-refractivity contribution in [2.45, 2.75) is 19.4 Å². The lowest BCUT2D eigenvalue weighted by Gasteiger charge is -2.36. The number of carbonyl (C=O) groups is 2. The van der Waals surface area contributed by atoms with E-state index < -0.39 is 6.04 Å². The normalized spacial score (nSPS) is 15.0. The molecule has 3 amide bonds. The second-order valence-corrected chi connectivity index (χ2v) is 7.59. The number of carbonyl (C=O) groups excluding carboxylic acids is 2. The van der Waals surface area contributed by atoms with Crippen LogP contribution in [0.2, 0.25) is 5.02 Å². The second-order valence-electron chi connectivity index (χ2n) is 7.15. The Balaban J connectivity index is 1.40. The zero-order valence-electron chi connectivity index (χ0n) is 16.6. The highest BCUT2D eigenvalue weighted by atomic mass is 35.5. The Bertz CT molecular complexity index is 823. The summed E-state index contributed by atoms with van der Waals surface area (Å²) < 4.78 is 0. The number of hydrogen-bond acceptors (Lipinski definition) is 3. The Kier molecular flexibility index (Phi) is 7.36. The van der Waals surface area contributed by atoms with Crippen molar-refractivity contribution >= 4 is 29.2 Å². The average Bonchev–Trinajstić information content (AvgIpc) is 2.74. The third-order valence-electron chi connectivity index (χ3n) is 5.03. The maximum absolute atomic E-state index is 12.5. The number of nitrogens with one attached hydrogen (secondary N) is 2. The van der Waals surface area contributed by atoms with Crippen molar-refractivity contribution in [3.63, 3.8) is 0 Å². The third kappa shape index (κ3) is 6.12. The highest BCUT2D eigenvalue weighted by Gasteiger charge is 2.24. The van der Waals surface area contributed by atoms with Gasteiger partial charge in [0.15, 0.2) is 0 Å². The third-order valence-corrected chi connectivity index (χ3v) is 5.26. The molecule has 154 valence electrons. The fourth-order valence-electron chi connectivity index (χ4n) is 3.31. The van der Waals surface area contributed by atoms with E-state index in [4.69, 9.17) is 11.6 Å². The summed E-state index contributed by atoms with van der Waals surface area (Å²) in [5.41, 5.74) is 2.23. The number of halogens is 1. The molecule has 1 aliphatic heterocycles. The number of rotatable bonds is 6. The summed E-state index contributed by atoms with van der Waals surface area (Å²) in [6.45, 7) is 4.90. The molecular formula is C22H27ClN4O2.